The molecular formula is C70H30F6N10. The summed E-state index contributed by atoms with van der Waals surface area (Å²) in [6, 6.07) is 60.5. The normalized spacial score (nSPS) is 11.3. The minimum atomic E-state index is -5.33. The average Bonchev–Trinajstić information content (AvgIpc) is 1.72. The van der Waals surface area contributed by atoms with E-state index in [9.17, 15) is 55.3 Å². The van der Waals surface area contributed by atoms with Crippen molar-refractivity contribution >= 4 is 43.6 Å². The van der Waals surface area contributed by atoms with Gasteiger partial charge in [0.2, 0.25) is 0 Å². The van der Waals surface area contributed by atoms with Crippen LogP contribution in [0.25, 0.3) is 111 Å². The highest BCUT2D eigenvalue weighted by Gasteiger charge is 2.40. The molecule has 12 rings (SSSR count). The molecule has 0 radical (unpaired) electrons. The average molecular weight is 1130 g/mol. The van der Waals surface area contributed by atoms with Crippen molar-refractivity contribution < 1.29 is 26.3 Å². The molecule has 16 heteroatoms. The van der Waals surface area contributed by atoms with Gasteiger partial charge < -0.3 is 9.13 Å². The van der Waals surface area contributed by atoms with Crippen LogP contribution in [-0.2, 0) is 12.4 Å². The van der Waals surface area contributed by atoms with Gasteiger partial charge in [-0.2, -0.15) is 68.4 Å². The fourth-order valence-corrected chi connectivity index (χ4v) is 11.3. The van der Waals surface area contributed by atoms with E-state index in [0.717, 1.165) is 18.2 Å². The SMILES string of the molecule is N#Cc1cc(C#N)cc(-c2ccc3c4ccc(-c5cc(C#N)cc(C#N)c5)cc4n(-c4cc(-c5cccc(C(F)(F)F)c5)cc(-n5c6cc(-c7cc(C#N)cc(C#N)c7)ccc6c6ccc(-c7cc(C#N)cc(C#N)c7)cc65)c4C(F)(F)F)c3c2)c1. The predicted octanol–water partition coefficient (Wildman–Crippen LogP) is 17.2. The smallest absolute Gasteiger partial charge is 0.308 e. The third kappa shape index (κ3) is 9.43. The zero-order chi connectivity index (χ0) is 60.3. The van der Waals surface area contributed by atoms with Crippen LogP contribution >= 0.6 is 0 Å². The van der Waals surface area contributed by atoms with Gasteiger partial charge in [0, 0.05) is 21.5 Å². The monoisotopic (exact) mass is 1120 g/mol. The molecule has 0 aliphatic carbocycles. The summed E-state index contributed by atoms with van der Waals surface area (Å²) in [5.41, 5.74) is 0.903. The first-order chi connectivity index (χ1) is 41.4. The second-order valence-corrected chi connectivity index (χ2v) is 20.2. The van der Waals surface area contributed by atoms with Crippen LogP contribution in [0.4, 0.5) is 26.3 Å². The lowest BCUT2D eigenvalue weighted by Crippen LogP contribution is -2.16. The molecule has 10 aromatic carbocycles. The number of fused-ring (bicyclic) bond motifs is 6. The number of nitrogens with zero attached hydrogens (tertiary/aromatic N) is 10. The van der Waals surface area contributed by atoms with Crippen LogP contribution in [0.15, 0.2) is 182 Å². The van der Waals surface area contributed by atoms with Gasteiger partial charge in [0.1, 0.15) is 5.56 Å². The molecule has 0 N–H and O–H groups in total. The van der Waals surface area contributed by atoms with E-state index in [-0.39, 0.29) is 77.7 Å². The van der Waals surface area contributed by atoms with E-state index in [1.54, 1.807) is 72.8 Å². The largest absolute Gasteiger partial charge is 0.420 e. The quantitative estimate of drug-likeness (QED) is 0.140. The van der Waals surface area contributed by atoms with Crippen molar-refractivity contribution in [3.8, 4) is 116 Å². The van der Waals surface area contributed by atoms with Gasteiger partial charge in [-0.1, -0.05) is 60.7 Å². The molecule has 402 valence electrons. The van der Waals surface area contributed by atoms with Crippen molar-refractivity contribution in [2.45, 2.75) is 12.4 Å². The number of nitriles is 8. The van der Waals surface area contributed by atoms with Gasteiger partial charge in [0.05, 0.1) is 132 Å². The highest BCUT2D eigenvalue weighted by atomic mass is 19.4. The molecule has 0 fully saturated rings. The highest BCUT2D eigenvalue weighted by Crippen LogP contribution is 2.48. The zero-order valence-corrected chi connectivity index (χ0v) is 44.1. The third-order valence-corrected chi connectivity index (χ3v) is 15.0. The van der Waals surface area contributed by atoms with Gasteiger partial charge >= 0.3 is 12.4 Å². The van der Waals surface area contributed by atoms with E-state index >= 15 is 13.2 Å². The Morgan fingerprint density at radius 3 is 0.756 bits per heavy atom. The molecule has 0 bridgehead atoms. The summed E-state index contributed by atoms with van der Waals surface area (Å²) in [6.45, 7) is 0. The van der Waals surface area contributed by atoms with Gasteiger partial charge in [-0.15, -0.1) is 0 Å². The van der Waals surface area contributed by atoms with Gasteiger partial charge in [-0.05, 0) is 177 Å². The highest BCUT2D eigenvalue weighted by molar-refractivity contribution is 6.13. The Labute approximate surface area is 484 Å². The number of rotatable bonds is 7. The molecule has 0 saturated heterocycles. The summed E-state index contributed by atoms with van der Waals surface area (Å²) in [5.74, 6) is 0. The number of hydrogen-bond acceptors (Lipinski definition) is 8. The number of halogens is 6. The molecular weight excluding hydrogens is 1090 g/mol. The molecule has 0 spiro atoms. The van der Waals surface area contributed by atoms with Crippen molar-refractivity contribution in [3.63, 3.8) is 0 Å². The molecule has 0 amide bonds. The number of aromatic nitrogens is 2. The minimum absolute atomic E-state index is 0.0970. The summed E-state index contributed by atoms with van der Waals surface area (Å²) in [5, 5.41) is 81.8. The number of alkyl halides is 6. The van der Waals surface area contributed by atoms with Crippen molar-refractivity contribution in [1.82, 2.24) is 9.13 Å². The molecule has 86 heavy (non-hydrogen) atoms. The lowest BCUT2D eigenvalue weighted by Gasteiger charge is -2.24. The maximum absolute atomic E-state index is 17.5. The standard InChI is InChI=1S/C70H30F6N10/c71-69(72,73)57-3-1-2-47(24-57)56-29-66(85-62-25-48(52-16-39(31-77)12-40(17-52)32-78)4-8-58(62)59-9-5-49(26-63(59)85)53-18-41(33-79)13-42(19-53)34-80)68(70(74,75)76)67(30-56)86-64-27-50(54-20-43(35-81)14-44(21-54)36-82)6-10-60(64)61-11-7-51(28-65(61)86)55-22-45(37-83)15-46(23-55)38-84/h1-30H. The fraction of sp³-hybridized carbons (Fsp3) is 0.0286. The van der Waals surface area contributed by atoms with Crippen LogP contribution in [0.3, 0.4) is 0 Å². The maximum Gasteiger partial charge on any atom is 0.420 e. The first-order valence-electron chi connectivity index (χ1n) is 25.9. The van der Waals surface area contributed by atoms with Crippen molar-refractivity contribution in [2.75, 3.05) is 0 Å². The summed E-state index contributed by atoms with van der Waals surface area (Å²) in [4.78, 5) is 0. The van der Waals surface area contributed by atoms with Crippen LogP contribution in [0.2, 0.25) is 0 Å². The van der Waals surface area contributed by atoms with Crippen molar-refractivity contribution in [2.24, 2.45) is 0 Å². The van der Waals surface area contributed by atoms with Gasteiger partial charge in [0.15, 0.2) is 0 Å². The zero-order valence-electron chi connectivity index (χ0n) is 44.1. The Balaban J connectivity index is 1.28. The molecule has 0 atom stereocenters. The first-order valence-corrected chi connectivity index (χ1v) is 25.9. The molecule has 12 aromatic rings. The minimum Gasteiger partial charge on any atom is -0.308 e. The predicted molar refractivity (Wildman–Crippen MR) is 310 cm³/mol. The van der Waals surface area contributed by atoms with E-state index in [1.165, 1.54) is 100 Å². The third-order valence-electron chi connectivity index (χ3n) is 15.0. The summed E-state index contributed by atoms with van der Waals surface area (Å²) < 4.78 is 99.5. The summed E-state index contributed by atoms with van der Waals surface area (Å²) >= 11 is 0. The summed E-state index contributed by atoms with van der Waals surface area (Å²) in [7, 11) is 0. The van der Waals surface area contributed by atoms with Gasteiger partial charge in [0.25, 0.3) is 0 Å². The molecule has 0 saturated carbocycles. The Hall–Kier alpha value is -12.7. The Kier molecular flexibility index (Phi) is 13.0. The number of benzene rings is 10. The first kappa shape index (κ1) is 53.9. The van der Waals surface area contributed by atoms with Crippen LogP contribution in [0.5, 0.6) is 0 Å². The molecule has 0 aliphatic heterocycles. The molecule has 10 nitrogen and oxygen atoms in total. The fourth-order valence-electron chi connectivity index (χ4n) is 11.3. The van der Waals surface area contributed by atoms with E-state index in [2.05, 4.69) is 0 Å². The van der Waals surface area contributed by atoms with E-state index in [4.69, 9.17) is 0 Å². The molecule has 2 heterocycles. The van der Waals surface area contributed by atoms with Gasteiger partial charge in [-0.3, -0.25) is 0 Å². The Morgan fingerprint density at radius 2 is 0.512 bits per heavy atom. The second-order valence-electron chi connectivity index (χ2n) is 20.2. The van der Waals surface area contributed by atoms with E-state index < -0.39 is 34.9 Å². The van der Waals surface area contributed by atoms with Crippen LogP contribution < -0.4 is 0 Å². The lowest BCUT2D eigenvalue weighted by atomic mass is 9.97. The van der Waals surface area contributed by atoms with Crippen LogP contribution in [0, 0.1) is 90.6 Å². The second kappa shape index (κ2) is 20.7. The summed E-state index contributed by atoms with van der Waals surface area (Å²) in [6.07, 6.45) is -10.2. The van der Waals surface area contributed by atoms with Crippen molar-refractivity contribution in [3.05, 3.63) is 238 Å². The van der Waals surface area contributed by atoms with Crippen LogP contribution in [-0.4, -0.2) is 9.13 Å². The van der Waals surface area contributed by atoms with E-state index in [1.807, 2.05) is 48.6 Å². The van der Waals surface area contributed by atoms with Crippen molar-refractivity contribution in [1.29, 1.82) is 42.1 Å². The molecule has 0 aliphatic rings. The molecule has 0 unspecified atom stereocenters. The number of hydrogen-bond donors (Lipinski definition) is 0. The van der Waals surface area contributed by atoms with Crippen LogP contribution in [0.1, 0.15) is 55.6 Å². The maximum atomic E-state index is 17.5. The lowest BCUT2D eigenvalue weighted by molar-refractivity contribution is -0.138. The van der Waals surface area contributed by atoms with Gasteiger partial charge in [-0.25, -0.2) is 0 Å². The topological polar surface area (TPSA) is 200 Å². The Morgan fingerprint density at radius 1 is 0.256 bits per heavy atom. The molecule has 2 aromatic heterocycles. The van der Waals surface area contributed by atoms with E-state index in [0.29, 0.717) is 66.1 Å². The Bertz CT molecular complexity index is 4640.